The number of benzene rings is 2. The fourth-order valence-electron chi connectivity index (χ4n) is 3.18. The van der Waals surface area contributed by atoms with Crippen molar-refractivity contribution in [3.63, 3.8) is 0 Å². The van der Waals surface area contributed by atoms with Crippen molar-refractivity contribution in [2.75, 3.05) is 7.11 Å². The average Bonchev–Trinajstić information content (AvgIpc) is 3.45. The maximum atomic E-state index is 12.4. The standard InChI is InChI=1S/C22H22N4O3/c1-28-20-5-2-4-17(13-20)12-18-14-21(29-25-18)22(27)23-15-16-6-8-19(9-7-16)26-11-3-10-24-26/h2-11,13,21H,12,14-15H2,1H3,(H,23,27). The van der Waals surface area contributed by atoms with Gasteiger partial charge >= 0.3 is 0 Å². The van der Waals surface area contributed by atoms with Crippen LogP contribution in [-0.2, 0) is 22.6 Å². The fraction of sp³-hybridized carbons (Fsp3) is 0.227. The number of carbonyl (C=O) groups is 1. The van der Waals surface area contributed by atoms with Crippen LogP contribution in [0, 0.1) is 0 Å². The van der Waals surface area contributed by atoms with Crippen LogP contribution in [0.3, 0.4) is 0 Å². The number of hydrogen-bond donors (Lipinski definition) is 1. The number of methoxy groups -OCH3 is 1. The Bertz CT molecular complexity index is 997. The number of rotatable bonds is 7. The van der Waals surface area contributed by atoms with Crippen LogP contribution in [0.2, 0.25) is 0 Å². The summed E-state index contributed by atoms with van der Waals surface area (Å²) in [6.45, 7) is 0.434. The molecule has 1 amide bonds. The first-order valence-corrected chi connectivity index (χ1v) is 9.42. The van der Waals surface area contributed by atoms with Crippen molar-refractivity contribution in [2.24, 2.45) is 5.16 Å². The van der Waals surface area contributed by atoms with E-state index in [9.17, 15) is 4.79 Å². The molecule has 0 spiro atoms. The van der Waals surface area contributed by atoms with Gasteiger partial charge in [-0.25, -0.2) is 4.68 Å². The summed E-state index contributed by atoms with van der Waals surface area (Å²) in [5, 5.41) is 11.2. The lowest BCUT2D eigenvalue weighted by Gasteiger charge is -2.10. The average molecular weight is 390 g/mol. The number of nitrogens with one attached hydrogen (secondary N) is 1. The predicted octanol–water partition coefficient (Wildman–Crippen LogP) is 2.88. The second kappa shape index (κ2) is 8.60. The van der Waals surface area contributed by atoms with Gasteiger partial charge < -0.3 is 14.9 Å². The minimum Gasteiger partial charge on any atom is -0.497 e. The highest BCUT2D eigenvalue weighted by molar-refractivity contribution is 5.93. The smallest absolute Gasteiger partial charge is 0.264 e. The molecule has 1 aromatic heterocycles. The number of amides is 1. The van der Waals surface area contributed by atoms with Gasteiger partial charge in [0, 0.05) is 31.8 Å². The summed E-state index contributed by atoms with van der Waals surface area (Å²) >= 11 is 0. The molecule has 2 heterocycles. The highest BCUT2D eigenvalue weighted by Crippen LogP contribution is 2.18. The second-order valence-corrected chi connectivity index (χ2v) is 6.82. The quantitative estimate of drug-likeness (QED) is 0.673. The van der Waals surface area contributed by atoms with Crippen molar-refractivity contribution in [3.05, 3.63) is 78.1 Å². The third-order valence-electron chi connectivity index (χ3n) is 4.74. The Kier molecular flexibility index (Phi) is 5.56. The molecule has 0 fully saturated rings. The fourth-order valence-corrected chi connectivity index (χ4v) is 3.18. The topological polar surface area (TPSA) is 77.7 Å². The molecule has 7 heteroatoms. The van der Waals surface area contributed by atoms with Gasteiger partial charge in [-0.1, -0.05) is 29.4 Å². The highest BCUT2D eigenvalue weighted by atomic mass is 16.6. The third kappa shape index (κ3) is 4.63. The van der Waals surface area contributed by atoms with Crippen LogP contribution in [0.15, 0.2) is 72.1 Å². The molecule has 29 heavy (non-hydrogen) atoms. The molecular formula is C22H22N4O3. The summed E-state index contributed by atoms with van der Waals surface area (Å²) in [4.78, 5) is 17.8. The molecule has 0 bridgehead atoms. The number of ether oxygens (including phenoxy) is 1. The Morgan fingerprint density at radius 2 is 2.07 bits per heavy atom. The van der Waals surface area contributed by atoms with E-state index < -0.39 is 6.10 Å². The van der Waals surface area contributed by atoms with Crippen LogP contribution in [0.25, 0.3) is 5.69 Å². The third-order valence-corrected chi connectivity index (χ3v) is 4.74. The van der Waals surface area contributed by atoms with Crippen LogP contribution < -0.4 is 10.1 Å². The van der Waals surface area contributed by atoms with E-state index in [1.165, 1.54) is 0 Å². The molecule has 7 nitrogen and oxygen atoms in total. The molecule has 3 aromatic rings. The zero-order chi connectivity index (χ0) is 20.1. The van der Waals surface area contributed by atoms with Crippen molar-refractivity contribution in [2.45, 2.75) is 25.5 Å². The first-order valence-electron chi connectivity index (χ1n) is 9.42. The highest BCUT2D eigenvalue weighted by Gasteiger charge is 2.27. The van der Waals surface area contributed by atoms with E-state index in [4.69, 9.17) is 9.57 Å². The first kappa shape index (κ1) is 18.7. The van der Waals surface area contributed by atoms with E-state index in [0.717, 1.165) is 28.3 Å². The molecule has 1 N–H and O–H groups in total. The summed E-state index contributed by atoms with van der Waals surface area (Å²) in [6.07, 6.45) is 4.16. The minimum absolute atomic E-state index is 0.162. The summed E-state index contributed by atoms with van der Waals surface area (Å²) in [6, 6.07) is 17.6. The Morgan fingerprint density at radius 1 is 1.21 bits per heavy atom. The molecule has 1 unspecified atom stereocenters. The molecule has 0 saturated carbocycles. The lowest BCUT2D eigenvalue weighted by molar-refractivity contribution is -0.131. The number of hydrogen-bond acceptors (Lipinski definition) is 5. The van der Waals surface area contributed by atoms with Crippen molar-refractivity contribution in [1.29, 1.82) is 0 Å². The van der Waals surface area contributed by atoms with Crippen molar-refractivity contribution in [1.82, 2.24) is 15.1 Å². The Morgan fingerprint density at radius 3 is 2.83 bits per heavy atom. The number of oxime groups is 1. The summed E-state index contributed by atoms with van der Waals surface area (Å²) in [7, 11) is 1.64. The van der Waals surface area contributed by atoms with Gasteiger partial charge in [-0.05, 0) is 41.5 Å². The first-order chi connectivity index (χ1) is 14.2. The van der Waals surface area contributed by atoms with Crippen molar-refractivity contribution in [3.8, 4) is 11.4 Å². The van der Waals surface area contributed by atoms with E-state index in [-0.39, 0.29) is 5.91 Å². The minimum atomic E-state index is -0.584. The summed E-state index contributed by atoms with van der Waals surface area (Å²) in [5.74, 6) is 0.639. The van der Waals surface area contributed by atoms with Crippen LogP contribution in [0.5, 0.6) is 5.75 Å². The van der Waals surface area contributed by atoms with Crippen LogP contribution in [0.1, 0.15) is 17.5 Å². The molecule has 4 rings (SSSR count). The Labute approximate surface area is 168 Å². The van der Waals surface area contributed by atoms with Crippen LogP contribution in [0.4, 0.5) is 0 Å². The molecule has 1 aliphatic rings. The lowest BCUT2D eigenvalue weighted by Crippen LogP contribution is -2.34. The predicted molar refractivity (Wildman–Crippen MR) is 109 cm³/mol. The summed E-state index contributed by atoms with van der Waals surface area (Å²) < 4.78 is 7.03. The summed E-state index contributed by atoms with van der Waals surface area (Å²) in [5.41, 5.74) is 3.90. The molecule has 1 aliphatic heterocycles. The van der Waals surface area contributed by atoms with Gasteiger partial charge in [0.25, 0.3) is 5.91 Å². The van der Waals surface area contributed by atoms with Gasteiger partial charge in [-0.15, -0.1) is 0 Å². The molecular weight excluding hydrogens is 368 g/mol. The zero-order valence-corrected chi connectivity index (χ0v) is 16.1. The maximum Gasteiger partial charge on any atom is 0.264 e. The van der Waals surface area contributed by atoms with E-state index in [0.29, 0.717) is 19.4 Å². The lowest BCUT2D eigenvalue weighted by atomic mass is 10.0. The molecule has 148 valence electrons. The van der Waals surface area contributed by atoms with Gasteiger partial charge in [0.1, 0.15) is 5.75 Å². The molecule has 0 saturated heterocycles. The van der Waals surface area contributed by atoms with Crippen LogP contribution in [-0.4, -0.2) is 34.6 Å². The Hall–Kier alpha value is -3.61. The van der Waals surface area contributed by atoms with E-state index >= 15 is 0 Å². The molecule has 0 aliphatic carbocycles. The Balaban J connectivity index is 1.26. The second-order valence-electron chi connectivity index (χ2n) is 6.82. The van der Waals surface area contributed by atoms with Crippen LogP contribution >= 0.6 is 0 Å². The number of nitrogens with zero attached hydrogens (tertiary/aromatic N) is 3. The monoisotopic (exact) mass is 390 g/mol. The molecule has 2 aromatic carbocycles. The van der Waals surface area contributed by atoms with Crippen molar-refractivity contribution < 1.29 is 14.4 Å². The van der Waals surface area contributed by atoms with Gasteiger partial charge in [0.15, 0.2) is 0 Å². The van der Waals surface area contributed by atoms with Gasteiger partial charge in [0.05, 0.1) is 18.5 Å². The van der Waals surface area contributed by atoms with Gasteiger partial charge in [0.2, 0.25) is 6.10 Å². The largest absolute Gasteiger partial charge is 0.497 e. The normalized spacial score (nSPS) is 15.5. The van der Waals surface area contributed by atoms with E-state index in [2.05, 4.69) is 15.6 Å². The zero-order valence-electron chi connectivity index (χ0n) is 16.1. The van der Waals surface area contributed by atoms with Crippen molar-refractivity contribution >= 4 is 11.6 Å². The number of carbonyl (C=O) groups excluding carboxylic acids is 1. The molecule has 0 radical (unpaired) electrons. The number of aromatic nitrogens is 2. The molecule has 1 atom stereocenters. The van der Waals surface area contributed by atoms with Gasteiger partial charge in [-0.3, -0.25) is 4.79 Å². The SMILES string of the molecule is COc1cccc(CC2=NOC(C(=O)NCc3ccc(-n4cccn4)cc3)C2)c1. The maximum absolute atomic E-state index is 12.4. The van der Waals surface area contributed by atoms with E-state index in [1.807, 2.05) is 60.8 Å². The van der Waals surface area contributed by atoms with E-state index in [1.54, 1.807) is 18.0 Å². The van der Waals surface area contributed by atoms with Gasteiger partial charge in [-0.2, -0.15) is 5.10 Å².